The second kappa shape index (κ2) is 8.09. The normalized spacial score (nSPS) is 12.4. The van der Waals surface area contributed by atoms with Crippen LogP contribution in [0.2, 0.25) is 0 Å². The van der Waals surface area contributed by atoms with Gasteiger partial charge in [0.25, 0.3) is 0 Å². The summed E-state index contributed by atoms with van der Waals surface area (Å²) < 4.78 is 10.5. The van der Waals surface area contributed by atoms with E-state index in [1.54, 1.807) is 7.11 Å². The minimum Gasteiger partial charge on any atom is -0.494 e. The number of rotatable bonds is 8. The van der Waals surface area contributed by atoms with Crippen LogP contribution in [0.4, 0.5) is 0 Å². The lowest BCUT2D eigenvalue weighted by Gasteiger charge is -2.16. The topological polar surface area (TPSA) is 30.5 Å². The van der Waals surface area contributed by atoms with Gasteiger partial charge in [-0.2, -0.15) is 0 Å². The Kier molecular flexibility index (Phi) is 6.67. The first kappa shape index (κ1) is 14.0. The summed E-state index contributed by atoms with van der Waals surface area (Å²) in [5.74, 6) is 0.933. The quantitative estimate of drug-likeness (QED) is 0.705. The van der Waals surface area contributed by atoms with Gasteiger partial charge < -0.3 is 14.8 Å². The van der Waals surface area contributed by atoms with Gasteiger partial charge in [-0.3, -0.25) is 0 Å². The number of hydrogen-bond acceptors (Lipinski definition) is 3. The minimum absolute atomic E-state index is 0.390. The van der Waals surface area contributed by atoms with Crippen molar-refractivity contribution in [2.45, 2.75) is 25.8 Å². The van der Waals surface area contributed by atoms with Crippen molar-refractivity contribution in [2.24, 2.45) is 0 Å². The van der Waals surface area contributed by atoms with E-state index in [0.717, 1.165) is 25.2 Å². The summed E-state index contributed by atoms with van der Waals surface area (Å²) in [6.45, 7) is 3.52. The predicted octanol–water partition coefficient (Wildman–Crippen LogP) is 2.77. The van der Waals surface area contributed by atoms with Gasteiger partial charge in [0.1, 0.15) is 5.75 Å². The van der Waals surface area contributed by atoms with Gasteiger partial charge in [-0.1, -0.05) is 12.1 Å². The third kappa shape index (κ3) is 4.75. The molecular weight excluding hydrogens is 214 g/mol. The molecule has 0 saturated heterocycles. The standard InChI is InChI=1S/C14H23NO2/c1-4-17-13-9-7-12(8-10-13)14(15-2)6-5-11-16-3/h7-10,14-15H,4-6,11H2,1-3H3. The molecule has 1 aromatic rings. The molecule has 1 aromatic carbocycles. The highest BCUT2D eigenvalue weighted by Crippen LogP contribution is 2.21. The van der Waals surface area contributed by atoms with Crippen molar-refractivity contribution in [3.63, 3.8) is 0 Å². The molecule has 0 aromatic heterocycles. The molecule has 0 saturated carbocycles. The summed E-state index contributed by atoms with van der Waals surface area (Å²) in [6.07, 6.45) is 2.15. The van der Waals surface area contributed by atoms with Crippen LogP contribution in [0.25, 0.3) is 0 Å². The van der Waals surface area contributed by atoms with Gasteiger partial charge in [0.2, 0.25) is 0 Å². The maximum atomic E-state index is 5.43. The Morgan fingerprint density at radius 2 is 1.94 bits per heavy atom. The average molecular weight is 237 g/mol. The van der Waals surface area contributed by atoms with Crippen LogP contribution in [-0.2, 0) is 4.74 Å². The summed E-state index contributed by atoms with van der Waals surface area (Å²) in [7, 11) is 3.74. The van der Waals surface area contributed by atoms with Gasteiger partial charge in [-0.05, 0) is 44.5 Å². The van der Waals surface area contributed by atoms with E-state index in [-0.39, 0.29) is 0 Å². The summed E-state index contributed by atoms with van der Waals surface area (Å²) in [6, 6.07) is 8.69. The van der Waals surface area contributed by atoms with Crippen LogP contribution < -0.4 is 10.1 Å². The molecule has 1 atom stereocenters. The fourth-order valence-corrected chi connectivity index (χ4v) is 1.87. The number of hydrogen-bond donors (Lipinski definition) is 1. The Bertz CT molecular complexity index is 298. The van der Waals surface area contributed by atoms with Crippen LogP contribution in [0.5, 0.6) is 5.75 Å². The van der Waals surface area contributed by atoms with Crippen LogP contribution in [-0.4, -0.2) is 27.4 Å². The molecule has 0 aliphatic carbocycles. The van der Waals surface area contributed by atoms with Gasteiger partial charge >= 0.3 is 0 Å². The molecule has 0 aliphatic heterocycles. The van der Waals surface area contributed by atoms with Gasteiger partial charge in [-0.25, -0.2) is 0 Å². The van der Waals surface area contributed by atoms with Crippen molar-refractivity contribution >= 4 is 0 Å². The summed E-state index contributed by atoms with van der Waals surface area (Å²) in [5, 5.41) is 3.33. The number of benzene rings is 1. The van der Waals surface area contributed by atoms with Gasteiger partial charge in [0.05, 0.1) is 6.61 Å². The molecule has 0 fully saturated rings. The second-order valence-corrected chi connectivity index (χ2v) is 3.98. The zero-order chi connectivity index (χ0) is 12.5. The summed E-state index contributed by atoms with van der Waals surface area (Å²) in [5.41, 5.74) is 1.30. The van der Waals surface area contributed by atoms with Crippen LogP contribution in [0.15, 0.2) is 24.3 Å². The Hall–Kier alpha value is -1.06. The van der Waals surface area contributed by atoms with E-state index in [1.165, 1.54) is 5.56 Å². The largest absolute Gasteiger partial charge is 0.494 e. The van der Waals surface area contributed by atoms with Crippen molar-refractivity contribution in [2.75, 3.05) is 27.4 Å². The van der Waals surface area contributed by atoms with Crippen molar-refractivity contribution in [1.82, 2.24) is 5.32 Å². The summed E-state index contributed by atoms with van der Waals surface area (Å²) in [4.78, 5) is 0. The van der Waals surface area contributed by atoms with E-state index in [9.17, 15) is 0 Å². The molecule has 1 unspecified atom stereocenters. The number of nitrogens with one attached hydrogen (secondary N) is 1. The molecule has 0 heterocycles. The number of ether oxygens (including phenoxy) is 2. The van der Waals surface area contributed by atoms with E-state index in [1.807, 2.05) is 26.1 Å². The minimum atomic E-state index is 0.390. The molecule has 3 nitrogen and oxygen atoms in total. The molecule has 0 radical (unpaired) electrons. The molecular formula is C14H23NO2. The van der Waals surface area contributed by atoms with Gasteiger partial charge in [0.15, 0.2) is 0 Å². The number of methoxy groups -OCH3 is 1. The molecule has 3 heteroatoms. The molecule has 0 spiro atoms. The van der Waals surface area contributed by atoms with Crippen molar-refractivity contribution in [3.8, 4) is 5.75 Å². The molecule has 96 valence electrons. The van der Waals surface area contributed by atoms with Gasteiger partial charge in [-0.15, -0.1) is 0 Å². The van der Waals surface area contributed by atoms with E-state index in [4.69, 9.17) is 9.47 Å². The smallest absolute Gasteiger partial charge is 0.119 e. The average Bonchev–Trinajstić information content (AvgIpc) is 2.36. The van der Waals surface area contributed by atoms with Gasteiger partial charge in [0, 0.05) is 19.8 Å². The Labute approximate surface area is 104 Å². The molecule has 0 amide bonds. The first-order valence-electron chi connectivity index (χ1n) is 6.20. The van der Waals surface area contributed by atoms with Crippen LogP contribution in [0, 0.1) is 0 Å². The monoisotopic (exact) mass is 237 g/mol. The van der Waals surface area contributed by atoms with Crippen molar-refractivity contribution < 1.29 is 9.47 Å². The Morgan fingerprint density at radius 3 is 2.47 bits per heavy atom. The summed E-state index contributed by atoms with van der Waals surface area (Å²) >= 11 is 0. The second-order valence-electron chi connectivity index (χ2n) is 3.98. The van der Waals surface area contributed by atoms with Crippen LogP contribution >= 0.6 is 0 Å². The lowest BCUT2D eigenvalue weighted by Crippen LogP contribution is -2.16. The highest BCUT2D eigenvalue weighted by Gasteiger charge is 2.08. The molecule has 0 bridgehead atoms. The molecule has 1 N–H and O–H groups in total. The zero-order valence-corrected chi connectivity index (χ0v) is 11.0. The first-order chi connectivity index (χ1) is 8.31. The third-order valence-corrected chi connectivity index (χ3v) is 2.78. The van der Waals surface area contributed by atoms with Crippen molar-refractivity contribution in [3.05, 3.63) is 29.8 Å². The van der Waals surface area contributed by atoms with E-state index in [2.05, 4.69) is 17.4 Å². The molecule has 17 heavy (non-hydrogen) atoms. The SMILES string of the molecule is CCOc1ccc(C(CCCOC)NC)cc1. The maximum absolute atomic E-state index is 5.43. The highest BCUT2D eigenvalue weighted by atomic mass is 16.5. The van der Waals surface area contributed by atoms with E-state index >= 15 is 0 Å². The Balaban J connectivity index is 2.55. The van der Waals surface area contributed by atoms with Crippen LogP contribution in [0.3, 0.4) is 0 Å². The van der Waals surface area contributed by atoms with Crippen molar-refractivity contribution in [1.29, 1.82) is 0 Å². The third-order valence-electron chi connectivity index (χ3n) is 2.78. The molecule has 0 aliphatic rings. The van der Waals surface area contributed by atoms with E-state index < -0.39 is 0 Å². The lowest BCUT2D eigenvalue weighted by atomic mass is 10.0. The maximum Gasteiger partial charge on any atom is 0.119 e. The first-order valence-corrected chi connectivity index (χ1v) is 6.20. The highest BCUT2D eigenvalue weighted by molar-refractivity contribution is 5.29. The molecule has 1 rings (SSSR count). The van der Waals surface area contributed by atoms with E-state index in [0.29, 0.717) is 12.6 Å². The predicted molar refractivity (Wildman–Crippen MR) is 70.5 cm³/mol. The zero-order valence-electron chi connectivity index (χ0n) is 11.0. The fraction of sp³-hybridized carbons (Fsp3) is 0.571. The lowest BCUT2D eigenvalue weighted by molar-refractivity contribution is 0.189. The van der Waals surface area contributed by atoms with Crippen LogP contribution in [0.1, 0.15) is 31.4 Å². The Morgan fingerprint density at radius 1 is 1.24 bits per heavy atom. The fourth-order valence-electron chi connectivity index (χ4n) is 1.87.